The van der Waals surface area contributed by atoms with Crippen molar-refractivity contribution < 1.29 is 13.6 Å². The van der Waals surface area contributed by atoms with Crippen molar-refractivity contribution in [3.8, 4) is 0 Å². The van der Waals surface area contributed by atoms with Crippen molar-refractivity contribution in [1.29, 1.82) is 0 Å². The van der Waals surface area contributed by atoms with E-state index in [1.165, 1.54) is 6.07 Å². The van der Waals surface area contributed by atoms with E-state index in [1.807, 2.05) is 0 Å². The monoisotopic (exact) mass is 374 g/mol. The molecule has 0 spiro atoms. The predicted octanol–water partition coefficient (Wildman–Crippen LogP) is 4.32. The van der Waals surface area contributed by atoms with Gasteiger partial charge in [-0.25, -0.2) is 8.78 Å². The molecule has 0 aliphatic rings. The molecule has 2 atom stereocenters. The largest absolute Gasteiger partial charge is 0.281 e. The summed E-state index contributed by atoms with van der Waals surface area (Å²) in [7, 11) is 0. The highest BCUT2D eigenvalue weighted by Crippen LogP contribution is 2.34. The fourth-order valence-electron chi connectivity index (χ4n) is 1.15. The van der Waals surface area contributed by atoms with Crippen molar-refractivity contribution in [2.75, 3.05) is 0 Å². The SMILES string of the molecule is O=C(Cl)CC(Br)C(Br)c1ccc(F)c(F)c1. The zero-order valence-electron chi connectivity index (χ0n) is 7.89. The average Bonchev–Trinajstić information content (AvgIpc) is 2.20. The van der Waals surface area contributed by atoms with Gasteiger partial charge in [0.25, 0.3) is 0 Å². The Bertz CT molecular complexity index is 400. The number of rotatable bonds is 4. The lowest BCUT2D eigenvalue weighted by atomic mass is 10.1. The van der Waals surface area contributed by atoms with Gasteiger partial charge in [0.2, 0.25) is 5.24 Å². The first kappa shape index (κ1) is 14.1. The molecule has 0 N–H and O–H groups in total. The Hall–Kier alpha value is -0.000000000000000111. The van der Waals surface area contributed by atoms with E-state index in [9.17, 15) is 13.6 Å². The normalized spacial score (nSPS) is 14.6. The smallest absolute Gasteiger partial charge is 0.222 e. The number of halogens is 5. The second-order valence-corrected chi connectivity index (χ2v) is 5.73. The molecule has 0 saturated heterocycles. The van der Waals surface area contributed by atoms with Crippen LogP contribution in [0.25, 0.3) is 0 Å². The number of benzene rings is 1. The molecule has 0 heterocycles. The van der Waals surface area contributed by atoms with Gasteiger partial charge in [-0.3, -0.25) is 4.79 Å². The van der Waals surface area contributed by atoms with E-state index in [0.717, 1.165) is 12.1 Å². The van der Waals surface area contributed by atoms with Crippen molar-refractivity contribution in [3.63, 3.8) is 0 Å². The average molecular weight is 376 g/mol. The van der Waals surface area contributed by atoms with E-state index >= 15 is 0 Å². The van der Waals surface area contributed by atoms with Crippen LogP contribution in [0, 0.1) is 11.6 Å². The van der Waals surface area contributed by atoms with Gasteiger partial charge >= 0.3 is 0 Å². The third kappa shape index (κ3) is 3.79. The fraction of sp³-hybridized carbons (Fsp3) is 0.300. The van der Waals surface area contributed by atoms with Crippen LogP contribution < -0.4 is 0 Å². The van der Waals surface area contributed by atoms with E-state index in [2.05, 4.69) is 31.9 Å². The molecule has 88 valence electrons. The van der Waals surface area contributed by atoms with E-state index in [4.69, 9.17) is 11.6 Å². The Labute approximate surface area is 113 Å². The second-order valence-electron chi connectivity index (χ2n) is 3.15. The topological polar surface area (TPSA) is 17.1 Å². The Morgan fingerprint density at radius 1 is 1.31 bits per heavy atom. The van der Waals surface area contributed by atoms with Crippen LogP contribution in [0.3, 0.4) is 0 Å². The fourth-order valence-corrected chi connectivity index (χ4v) is 2.57. The van der Waals surface area contributed by atoms with Gasteiger partial charge in [0.15, 0.2) is 11.6 Å². The molecule has 1 aromatic carbocycles. The number of hydrogen-bond acceptors (Lipinski definition) is 1. The van der Waals surface area contributed by atoms with Crippen molar-refractivity contribution >= 4 is 48.7 Å². The minimum Gasteiger partial charge on any atom is -0.281 e. The molecule has 16 heavy (non-hydrogen) atoms. The lowest BCUT2D eigenvalue weighted by Gasteiger charge is -2.15. The summed E-state index contributed by atoms with van der Waals surface area (Å²) in [6.45, 7) is 0. The first-order valence-electron chi connectivity index (χ1n) is 4.33. The number of carbonyl (C=O) groups is 1. The second kappa shape index (κ2) is 6.07. The van der Waals surface area contributed by atoms with Gasteiger partial charge in [-0.1, -0.05) is 37.9 Å². The lowest BCUT2D eigenvalue weighted by molar-refractivity contribution is -0.111. The molecule has 1 aromatic rings. The molecule has 0 bridgehead atoms. The third-order valence-corrected chi connectivity index (χ3v) is 4.82. The number of carbonyl (C=O) groups excluding carboxylic acids is 1. The van der Waals surface area contributed by atoms with Crippen molar-refractivity contribution in [2.45, 2.75) is 16.1 Å². The minimum absolute atomic E-state index is 0.0937. The van der Waals surface area contributed by atoms with Crippen molar-refractivity contribution in [2.24, 2.45) is 0 Å². The predicted molar refractivity (Wildman–Crippen MR) is 66.2 cm³/mol. The van der Waals surface area contributed by atoms with E-state index in [-0.39, 0.29) is 16.1 Å². The molecule has 0 amide bonds. The van der Waals surface area contributed by atoms with Crippen LogP contribution in [0.1, 0.15) is 16.8 Å². The van der Waals surface area contributed by atoms with Crippen molar-refractivity contribution in [1.82, 2.24) is 0 Å². The highest BCUT2D eigenvalue weighted by Gasteiger charge is 2.21. The van der Waals surface area contributed by atoms with Crippen LogP contribution in [0.2, 0.25) is 0 Å². The molecule has 1 rings (SSSR count). The molecular weight excluding hydrogens is 369 g/mol. The standard InChI is InChI=1S/C10H7Br2ClF2O/c11-6(4-9(13)16)10(12)5-1-2-7(14)8(15)3-5/h1-3,6,10H,4H2. The zero-order chi connectivity index (χ0) is 12.3. The van der Waals surface area contributed by atoms with Gasteiger partial charge in [0, 0.05) is 11.2 Å². The van der Waals surface area contributed by atoms with Crippen LogP contribution in [0.5, 0.6) is 0 Å². The maximum Gasteiger partial charge on any atom is 0.222 e. The minimum atomic E-state index is -0.918. The summed E-state index contributed by atoms with van der Waals surface area (Å²) in [5, 5.41) is -0.492. The Balaban J connectivity index is 2.83. The van der Waals surface area contributed by atoms with Crippen molar-refractivity contribution in [3.05, 3.63) is 35.4 Å². The molecule has 0 aliphatic heterocycles. The highest BCUT2D eigenvalue weighted by molar-refractivity contribution is 9.12. The molecular formula is C10H7Br2ClF2O. The molecule has 2 unspecified atom stereocenters. The molecule has 0 aliphatic carbocycles. The van der Waals surface area contributed by atoms with Gasteiger partial charge in [-0.05, 0) is 29.3 Å². The van der Waals surface area contributed by atoms with Crippen LogP contribution in [0.4, 0.5) is 8.78 Å². The summed E-state index contributed by atoms with van der Waals surface area (Å²) in [4.78, 5) is 10.1. The summed E-state index contributed by atoms with van der Waals surface area (Å²) in [5.74, 6) is -1.82. The summed E-state index contributed by atoms with van der Waals surface area (Å²) in [6.07, 6.45) is 0.0937. The molecule has 0 saturated carbocycles. The molecule has 0 aromatic heterocycles. The summed E-state index contributed by atoms with van der Waals surface area (Å²) >= 11 is 11.8. The van der Waals surface area contributed by atoms with E-state index < -0.39 is 16.9 Å². The maximum absolute atomic E-state index is 13.0. The zero-order valence-corrected chi connectivity index (χ0v) is 11.8. The van der Waals surface area contributed by atoms with Crippen LogP contribution in [0.15, 0.2) is 18.2 Å². The van der Waals surface area contributed by atoms with E-state index in [1.54, 1.807) is 0 Å². The molecule has 1 nitrogen and oxygen atoms in total. The van der Waals surface area contributed by atoms with Gasteiger partial charge in [-0.15, -0.1) is 0 Å². The van der Waals surface area contributed by atoms with Crippen LogP contribution in [-0.4, -0.2) is 10.1 Å². The van der Waals surface area contributed by atoms with E-state index in [0.29, 0.717) is 5.56 Å². The first-order chi connectivity index (χ1) is 7.41. The molecule has 0 fully saturated rings. The first-order valence-corrected chi connectivity index (χ1v) is 6.54. The third-order valence-electron chi connectivity index (χ3n) is 1.94. The Morgan fingerprint density at radius 3 is 2.44 bits per heavy atom. The quantitative estimate of drug-likeness (QED) is 0.565. The lowest BCUT2D eigenvalue weighted by Crippen LogP contribution is -2.10. The molecule has 6 heteroatoms. The summed E-state index contributed by atoms with van der Waals surface area (Å²) in [5.41, 5.74) is 0.540. The van der Waals surface area contributed by atoms with Gasteiger partial charge in [-0.2, -0.15) is 0 Å². The van der Waals surface area contributed by atoms with Crippen LogP contribution >= 0.6 is 43.5 Å². The van der Waals surface area contributed by atoms with Gasteiger partial charge in [0.05, 0.1) is 4.83 Å². The van der Waals surface area contributed by atoms with Crippen LogP contribution in [-0.2, 0) is 4.79 Å². The highest BCUT2D eigenvalue weighted by atomic mass is 79.9. The Kier molecular flexibility index (Phi) is 5.34. The number of hydrogen-bond donors (Lipinski definition) is 0. The number of alkyl halides is 2. The maximum atomic E-state index is 13.0. The van der Waals surface area contributed by atoms with Gasteiger partial charge in [0.1, 0.15) is 0 Å². The summed E-state index contributed by atoms with van der Waals surface area (Å²) in [6, 6.07) is 3.58. The summed E-state index contributed by atoms with van der Waals surface area (Å²) < 4.78 is 25.7. The Morgan fingerprint density at radius 2 is 1.94 bits per heavy atom. The van der Waals surface area contributed by atoms with Gasteiger partial charge < -0.3 is 0 Å². The molecule has 0 radical (unpaired) electrons.